The highest BCUT2D eigenvalue weighted by Gasteiger charge is 2.32. The molecule has 0 saturated heterocycles. The van der Waals surface area contributed by atoms with Gasteiger partial charge in [-0.05, 0) is 12.1 Å². The van der Waals surface area contributed by atoms with Crippen molar-refractivity contribution >= 4 is 11.6 Å². The second-order valence-corrected chi connectivity index (χ2v) is 4.23. The van der Waals surface area contributed by atoms with Gasteiger partial charge in [0.15, 0.2) is 0 Å². The number of aliphatic hydroxyl groups excluding tert-OH is 1. The van der Waals surface area contributed by atoms with Gasteiger partial charge in [0.2, 0.25) is 0 Å². The van der Waals surface area contributed by atoms with Crippen LogP contribution in [0.4, 0.5) is 13.2 Å². The average Bonchev–Trinajstić information content (AvgIpc) is 2.38. The molecule has 0 atom stereocenters. The Morgan fingerprint density at radius 2 is 1.95 bits per heavy atom. The number of benzene rings is 1. The van der Waals surface area contributed by atoms with E-state index < -0.39 is 6.36 Å². The van der Waals surface area contributed by atoms with E-state index in [-0.39, 0.29) is 23.1 Å². The smallest absolute Gasteiger partial charge is 0.405 e. The van der Waals surface area contributed by atoms with E-state index in [9.17, 15) is 13.2 Å². The van der Waals surface area contributed by atoms with Crippen molar-refractivity contribution in [3.8, 4) is 16.9 Å². The standard InChI is InChI=1S/C13H9ClF3NO2/c14-12-9(7-19)5-8(6-18-12)10-3-1-2-4-11(10)20-13(15,16)17/h1-6,19H,7H2. The molecule has 0 saturated carbocycles. The van der Waals surface area contributed by atoms with E-state index in [2.05, 4.69) is 9.72 Å². The lowest BCUT2D eigenvalue weighted by Gasteiger charge is -2.13. The van der Waals surface area contributed by atoms with Crippen LogP contribution in [0.15, 0.2) is 36.5 Å². The van der Waals surface area contributed by atoms with Crippen LogP contribution in [0.3, 0.4) is 0 Å². The molecule has 0 spiro atoms. The molecule has 0 aliphatic rings. The van der Waals surface area contributed by atoms with Crippen molar-refractivity contribution in [3.63, 3.8) is 0 Å². The Labute approximate surface area is 117 Å². The first-order valence-electron chi connectivity index (χ1n) is 5.51. The van der Waals surface area contributed by atoms with Gasteiger partial charge in [0.05, 0.1) is 6.61 Å². The summed E-state index contributed by atoms with van der Waals surface area (Å²) in [7, 11) is 0. The van der Waals surface area contributed by atoms with E-state index in [1.807, 2.05) is 0 Å². The molecule has 1 aromatic carbocycles. The molecule has 1 N–H and O–H groups in total. The monoisotopic (exact) mass is 303 g/mol. The van der Waals surface area contributed by atoms with Crippen LogP contribution in [0, 0.1) is 0 Å². The lowest BCUT2D eigenvalue weighted by molar-refractivity contribution is -0.274. The fourth-order valence-corrected chi connectivity index (χ4v) is 1.83. The van der Waals surface area contributed by atoms with Crippen LogP contribution in [0.5, 0.6) is 5.75 Å². The molecule has 7 heteroatoms. The fourth-order valence-electron chi connectivity index (χ4n) is 1.67. The molecule has 1 aromatic heterocycles. The lowest BCUT2D eigenvalue weighted by atomic mass is 10.1. The largest absolute Gasteiger partial charge is 0.573 e. The predicted molar refractivity (Wildman–Crippen MR) is 67.3 cm³/mol. The van der Waals surface area contributed by atoms with Gasteiger partial charge in [-0.3, -0.25) is 0 Å². The third-order valence-electron chi connectivity index (χ3n) is 2.51. The van der Waals surface area contributed by atoms with Crippen LogP contribution >= 0.6 is 11.6 Å². The number of aromatic nitrogens is 1. The number of hydrogen-bond acceptors (Lipinski definition) is 3. The maximum atomic E-state index is 12.3. The van der Waals surface area contributed by atoms with Gasteiger partial charge in [0.1, 0.15) is 10.9 Å². The van der Waals surface area contributed by atoms with Crippen LogP contribution in [-0.4, -0.2) is 16.5 Å². The number of pyridine rings is 1. The van der Waals surface area contributed by atoms with E-state index in [4.69, 9.17) is 16.7 Å². The number of alkyl halides is 3. The Bertz CT molecular complexity index is 617. The first-order chi connectivity index (χ1) is 9.40. The Kier molecular flexibility index (Phi) is 4.15. The SMILES string of the molecule is OCc1cc(-c2ccccc2OC(F)(F)F)cnc1Cl. The molecule has 0 radical (unpaired) electrons. The summed E-state index contributed by atoms with van der Waals surface area (Å²) < 4.78 is 41.0. The summed E-state index contributed by atoms with van der Waals surface area (Å²) in [6.07, 6.45) is -3.46. The minimum absolute atomic E-state index is 0.102. The molecule has 2 rings (SSSR count). The highest BCUT2D eigenvalue weighted by molar-refractivity contribution is 6.30. The van der Waals surface area contributed by atoms with Gasteiger partial charge in [-0.1, -0.05) is 29.8 Å². The van der Waals surface area contributed by atoms with Crippen molar-refractivity contribution in [2.75, 3.05) is 0 Å². The Balaban J connectivity index is 2.47. The van der Waals surface area contributed by atoms with Gasteiger partial charge in [0, 0.05) is 22.9 Å². The minimum atomic E-state index is -4.78. The Hall–Kier alpha value is -1.79. The average molecular weight is 304 g/mol. The topological polar surface area (TPSA) is 42.4 Å². The van der Waals surface area contributed by atoms with Crippen molar-refractivity contribution in [2.24, 2.45) is 0 Å². The van der Waals surface area contributed by atoms with Crippen LogP contribution in [0.25, 0.3) is 11.1 Å². The molecule has 2 aromatic rings. The number of rotatable bonds is 3. The molecular weight excluding hydrogens is 295 g/mol. The lowest BCUT2D eigenvalue weighted by Crippen LogP contribution is -2.17. The van der Waals surface area contributed by atoms with Crippen LogP contribution in [-0.2, 0) is 6.61 Å². The first kappa shape index (κ1) is 14.6. The second-order valence-electron chi connectivity index (χ2n) is 3.88. The second kappa shape index (κ2) is 5.68. The highest BCUT2D eigenvalue weighted by atomic mass is 35.5. The van der Waals surface area contributed by atoms with Crippen LogP contribution < -0.4 is 4.74 Å². The summed E-state index contributed by atoms with van der Waals surface area (Å²) in [5, 5.41) is 9.21. The number of hydrogen-bond donors (Lipinski definition) is 1. The van der Waals surface area contributed by atoms with Gasteiger partial charge in [-0.2, -0.15) is 0 Å². The molecule has 20 heavy (non-hydrogen) atoms. The van der Waals surface area contributed by atoms with Gasteiger partial charge in [-0.25, -0.2) is 4.98 Å². The normalized spacial score (nSPS) is 11.4. The van der Waals surface area contributed by atoms with Crippen molar-refractivity contribution in [1.82, 2.24) is 4.98 Å². The summed E-state index contributed by atoms with van der Waals surface area (Å²) in [5.41, 5.74) is 0.910. The van der Waals surface area contributed by atoms with E-state index in [1.165, 1.54) is 30.5 Å². The van der Waals surface area contributed by atoms with Gasteiger partial charge >= 0.3 is 6.36 Å². The zero-order chi connectivity index (χ0) is 14.8. The zero-order valence-corrected chi connectivity index (χ0v) is 10.7. The van der Waals surface area contributed by atoms with E-state index in [1.54, 1.807) is 6.07 Å². The summed E-state index contributed by atoms with van der Waals surface area (Å²) in [6, 6.07) is 7.14. The Morgan fingerprint density at radius 1 is 1.25 bits per heavy atom. The van der Waals surface area contributed by atoms with Crippen molar-refractivity contribution < 1.29 is 23.0 Å². The van der Waals surface area contributed by atoms with Crippen LogP contribution in [0.2, 0.25) is 5.15 Å². The molecule has 0 amide bonds. The summed E-state index contributed by atoms with van der Waals surface area (Å²) >= 11 is 5.75. The minimum Gasteiger partial charge on any atom is -0.405 e. The van der Waals surface area contributed by atoms with Crippen molar-refractivity contribution in [3.05, 3.63) is 47.2 Å². The fraction of sp³-hybridized carbons (Fsp3) is 0.154. The first-order valence-corrected chi connectivity index (χ1v) is 5.89. The van der Waals surface area contributed by atoms with Gasteiger partial charge in [0.25, 0.3) is 0 Å². The maximum absolute atomic E-state index is 12.3. The predicted octanol–water partition coefficient (Wildman–Crippen LogP) is 3.79. The van der Waals surface area contributed by atoms with Gasteiger partial charge in [-0.15, -0.1) is 13.2 Å². The molecular formula is C13H9ClF3NO2. The van der Waals surface area contributed by atoms with Crippen molar-refractivity contribution in [1.29, 1.82) is 0 Å². The van der Waals surface area contributed by atoms with E-state index in [0.717, 1.165) is 0 Å². The maximum Gasteiger partial charge on any atom is 0.573 e. The summed E-state index contributed by atoms with van der Waals surface area (Å²) in [5.74, 6) is -0.340. The summed E-state index contributed by atoms with van der Waals surface area (Å²) in [6.45, 7) is -0.359. The van der Waals surface area contributed by atoms with Crippen LogP contribution in [0.1, 0.15) is 5.56 Å². The number of para-hydroxylation sites is 1. The number of nitrogens with zero attached hydrogens (tertiary/aromatic N) is 1. The molecule has 106 valence electrons. The number of ether oxygens (including phenoxy) is 1. The molecule has 0 bridgehead atoms. The van der Waals surface area contributed by atoms with E-state index >= 15 is 0 Å². The van der Waals surface area contributed by atoms with E-state index in [0.29, 0.717) is 11.1 Å². The molecule has 0 fully saturated rings. The third-order valence-corrected chi connectivity index (χ3v) is 2.85. The van der Waals surface area contributed by atoms with Crippen molar-refractivity contribution in [2.45, 2.75) is 13.0 Å². The molecule has 0 aliphatic carbocycles. The molecule has 0 unspecified atom stereocenters. The third kappa shape index (κ3) is 3.40. The Morgan fingerprint density at radius 3 is 2.60 bits per heavy atom. The quantitative estimate of drug-likeness (QED) is 0.877. The number of halogens is 4. The molecule has 1 heterocycles. The summed E-state index contributed by atoms with van der Waals surface area (Å²) in [4.78, 5) is 3.83. The highest BCUT2D eigenvalue weighted by Crippen LogP contribution is 2.34. The zero-order valence-electron chi connectivity index (χ0n) is 9.99. The molecule has 0 aliphatic heterocycles. The van der Waals surface area contributed by atoms with Gasteiger partial charge < -0.3 is 9.84 Å². The number of aliphatic hydroxyl groups is 1. The molecule has 3 nitrogen and oxygen atoms in total.